The molecule has 0 saturated carbocycles. The third-order valence-corrected chi connectivity index (χ3v) is 25.7. The normalized spacial score (nSPS) is 11.7. The van der Waals surface area contributed by atoms with Crippen molar-refractivity contribution in [3.05, 3.63) is 328 Å². The van der Waals surface area contributed by atoms with E-state index in [1.165, 1.54) is 41.5 Å². The van der Waals surface area contributed by atoms with Crippen molar-refractivity contribution in [2.45, 2.75) is 0 Å². The van der Waals surface area contributed by atoms with Crippen LogP contribution in [0.2, 0.25) is 0 Å². The van der Waals surface area contributed by atoms with Gasteiger partial charge in [0, 0.05) is 21.9 Å². The molecule has 0 atom stereocenters. The van der Waals surface area contributed by atoms with Gasteiger partial charge in [0.1, 0.15) is 0 Å². The maximum absolute atomic E-state index is 5.65. The first-order valence-electron chi connectivity index (χ1n) is 27.7. The van der Waals surface area contributed by atoms with E-state index in [0.717, 1.165) is 55.2 Å². The second kappa shape index (κ2) is 21.3. The average Bonchev–Trinajstić information content (AvgIpc) is 4.02. The van der Waals surface area contributed by atoms with Gasteiger partial charge in [-0.3, -0.25) is 4.57 Å². The van der Waals surface area contributed by atoms with E-state index in [0.29, 0.717) is 17.6 Å². The lowest BCUT2D eigenvalue weighted by Crippen LogP contribution is -2.74. The third kappa shape index (κ3) is 8.75. The molecule has 14 rings (SSSR count). The largest absolute Gasteiger partial charge is 0.278 e. The molecule has 0 amide bonds. The molecule has 0 bridgehead atoms. The Labute approximate surface area is 474 Å². The predicted octanol–water partition coefficient (Wildman–Crippen LogP) is 12.4. The average molecular weight is 1070 g/mol. The first-order chi connectivity index (χ1) is 40.2. The van der Waals surface area contributed by atoms with Gasteiger partial charge >= 0.3 is 0 Å². The first kappa shape index (κ1) is 49.2. The van der Waals surface area contributed by atoms with Gasteiger partial charge in [-0.1, -0.05) is 303 Å². The summed E-state index contributed by atoms with van der Waals surface area (Å²) in [5.41, 5.74) is 8.44. The van der Waals surface area contributed by atoms with E-state index < -0.39 is 16.1 Å². The molecule has 0 radical (unpaired) electrons. The Morgan fingerprint density at radius 2 is 0.481 bits per heavy atom. The second-order valence-corrected chi connectivity index (χ2v) is 28.3. The predicted molar refractivity (Wildman–Crippen MR) is 343 cm³/mol. The van der Waals surface area contributed by atoms with E-state index in [4.69, 9.17) is 15.0 Å². The van der Waals surface area contributed by atoms with E-state index in [1.807, 2.05) is 0 Å². The summed E-state index contributed by atoms with van der Waals surface area (Å²) in [6.45, 7) is 0. The number of rotatable bonds is 13. The van der Waals surface area contributed by atoms with Crippen molar-refractivity contribution in [1.29, 1.82) is 0 Å². The van der Waals surface area contributed by atoms with Crippen molar-refractivity contribution in [2.24, 2.45) is 0 Å². The molecule has 0 spiro atoms. The highest BCUT2D eigenvalue weighted by Crippen LogP contribution is 2.37. The molecule has 0 saturated heterocycles. The van der Waals surface area contributed by atoms with Crippen LogP contribution in [0.25, 0.3) is 72.8 Å². The highest BCUT2D eigenvalue weighted by molar-refractivity contribution is 7.20. The maximum Gasteiger partial charge on any atom is 0.238 e. The standard InChI is InChI=1S/C75H54N4Si2/c1-9-27-55(28-10-1)57-47-49-71-69(53-57)70-54-58(56-29-11-2-12-30-56)48-50-72(70)79(71)75-77-73(59-31-25-45-67(51-59)80(61-33-13-3-14-34-61,62-35-15-4-16-36-62)63-37-17-5-18-38-63)76-74(78-75)60-32-26-46-68(52-60)81(64-39-19-6-20-40-64,65-41-21-7-22-42-65)66-43-23-8-24-44-66/h1-54H. The molecule has 0 unspecified atom stereocenters. The summed E-state index contributed by atoms with van der Waals surface area (Å²) < 4.78 is 2.25. The Kier molecular flexibility index (Phi) is 12.9. The van der Waals surface area contributed by atoms with Gasteiger partial charge in [-0.15, -0.1) is 0 Å². The van der Waals surface area contributed by atoms with Gasteiger partial charge in [0.05, 0.1) is 11.0 Å². The van der Waals surface area contributed by atoms with Crippen LogP contribution in [0.5, 0.6) is 0 Å². The summed E-state index contributed by atoms with van der Waals surface area (Å²) in [5.74, 6) is 1.73. The fourth-order valence-electron chi connectivity index (χ4n) is 12.5. The molecule has 0 N–H and O–H groups in total. The number of benzene rings is 12. The Morgan fingerprint density at radius 1 is 0.210 bits per heavy atom. The lowest BCUT2D eigenvalue weighted by Gasteiger charge is -2.34. The number of hydrogen-bond acceptors (Lipinski definition) is 3. The summed E-state index contributed by atoms with van der Waals surface area (Å²) in [6, 6.07) is 119. The number of fused-ring (bicyclic) bond motifs is 3. The van der Waals surface area contributed by atoms with Crippen LogP contribution in [0.15, 0.2) is 328 Å². The molecule has 81 heavy (non-hydrogen) atoms. The van der Waals surface area contributed by atoms with Crippen LogP contribution in [0.3, 0.4) is 0 Å². The van der Waals surface area contributed by atoms with Crippen LogP contribution in [0.1, 0.15) is 0 Å². The van der Waals surface area contributed by atoms with Crippen molar-refractivity contribution < 1.29 is 0 Å². The Hall–Kier alpha value is -10.1. The van der Waals surface area contributed by atoms with Crippen LogP contribution >= 0.6 is 0 Å². The van der Waals surface area contributed by atoms with Gasteiger partial charge in [0.15, 0.2) is 27.8 Å². The Morgan fingerprint density at radius 3 is 0.790 bits per heavy atom. The SMILES string of the molecule is c1ccc(-c2ccc3c(c2)c2cc(-c4ccccc4)ccc2n3-c2nc(-c3cccc([Si](c4ccccc4)(c4ccccc4)c4ccccc4)c3)nc(-c3cccc([Si](c4ccccc4)(c4ccccc4)c4ccccc4)c3)n2)cc1. The molecule has 2 heterocycles. The number of hydrogen-bond donors (Lipinski definition) is 0. The van der Waals surface area contributed by atoms with E-state index in [1.54, 1.807) is 0 Å². The van der Waals surface area contributed by atoms with Crippen LogP contribution < -0.4 is 41.5 Å². The van der Waals surface area contributed by atoms with Gasteiger partial charge in [-0.2, -0.15) is 9.97 Å². The van der Waals surface area contributed by atoms with Gasteiger partial charge in [0.25, 0.3) is 0 Å². The number of nitrogens with zero attached hydrogens (tertiary/aromatic N) is 4. The summed E-state index contributed by atoms with van der Waals surface area (Å²) in [5, 5.41) is 12.5. The Bertz CT molecular complexity index is 4010. The summed E-state index contributed by atoms with van der Waals surface area (Å²) in [7, 11) is -5.89. The molecule has 0 fully saturated rings. The summed E-state index contributed by atoms with van der Waals surface area (Å²) >= 11 is 0. The lowest BCUT2D eigenvalue weighted by atomic mass is 10.0. The monoisotopic (exact) mass is 1070 g/mol. The molecule has 0 aliphatic heterocycles. The second-order valence-electron chi connectivity index (χ2n) is 20.7. The third-order valence-electron chi connectivity index (χ3n) is 16.2. The zero-order valence-electron chi connectivity index (χ0n) is 44.5. The van der Waals surface area contributed by atoms with Crippen molar-refractivity contribution in [3.63, 3.8) is 0 Å². The minimum absolute atomic E-state index is 0.543. The van der Waals surface area contributed by atoms with Gasteiger partial charge in [-0.05, 0) is 88.0 Å². The Balaban J connectivity index is 1.05. The molecular weight excluding hydrogens is 1010 g/mol. The fraction of sp³-hybridized carbons (Fsp3) is 0. The maximum atomic E-state index is 5.65. The molecule has 12 aromatic carbocycles. The van der Waals surface area contributed by atoms with Crippen molar-refractivity contribution in [2.75, 3.05) is 0 Å². The first-order valence-corrected chi connectivity index (χ1v) is 31.7. The van der Waals surface area contributed by atoms with Crippen LogP contribution in [-0.4, -0.2) is 35.7 Å². The highest BCUT2D eigenvalue weighted by Gasteiger charge is 2.43. The van der Waals surface area contributed by atoms with E-state index in [9.17, 15) is 0 Å². The lowest BCUT2D eigenvalue weighted by molar-refractivity contribution is 0.954. The number of aromatic nitrogens is 4. The topological polar surface area (TPSA) is 43.6 Å². The van der Waals surface area contributed by atoms with Crippen molar-refractivity contribution in [3.8, 4) is 51.0 Å². The summed E-state index contributed by atoms with van der Waals surface area (Å²) in [4.78, 5) is 16.9. The molecule has 0 aliphatic rings. The van der Waals surface area contributed by atoms with Crippen molar-refractivity contribution in [1.82, 2.24) is 19.5 Å². The molecule has 2 aromatic heterocycles. The van der Waals surface area contributed by atoms with Crippen LogP contribution in [0.4, 0.5) is 0 Å². The van der Waals surface area contributed by atoms with Gasteiger partial charge in [-0.25, -0.2) is 4.98 Å². The molecule has 382 valence electrons. The van der Waals surface area contributed by atoms with E-state index >= 15 is 0 Å². The smallest absolute Gasteiger partial charge is 0.238 e. The quantitative estimate of drug-likeness (QED) is 0.0854. The van der Waals surface area contributed by atoms with Gasteiger partial charge < -0.3 is 0 Å². The zero-order valence-corrected chi connectivity index (χ0v) is 46.5. The van der Waals surface area contributed by atoms with Crippen LogP contribution in [0, 0.1) is 0 Å². The van der Waals surface area contributed by atoms with Gasteiger partial charge in [0.2, 0.25) is 5.95 Å². The van der Waals surface area contributed by atoms with Crippen LogP contribution in [-0.2, 0) is 0 Å². The van der Waals surface area contributed by atoms with E-state index in [2.05, 4.69) is 332 Å². The zero-order chi connectivity index (χ0) is 54.0. The molecule has 14 aromatic rings. The molecule has 4 nitrogen and oxygen atoms in total. The molecular formula is C75H54N4Si2. The highest BCUT2D eigenvalue weighted by atomic mass is 28.3. The van der Waals surface area contributed by atoms with Crippen molar-refractivity contribution >= 4 is 79.4 Å². The minimum Gasteiger partial charge on any atom is -0.278 e. The molecule has 0 aliphatic carbocycles. The summed E-state index contributed by atoms with van der Waals surface area (Å²) in [6.07, 6.45) is 0. The van der Waals surface area contributed by atoms with E-state index in [-0.39, 0.29) is 0 Å². The fourth-order valence-corrected chi connectivity index (χ4v) is 22.1. The molecule has 6 heteroatoms. The minimum atomic E-state index is -2.94.